The average molecular weight is 565 g/mol. The van der Waals surface area contributed by atoms with Crippen molar-refractivity contribution in [1.82, 2.24) is 0 Å². The van der Waals surface area contributed by atoms with E-state index in [1.165, 1.54) is 61.6 Å². The molecule has 2 unspecified atom stereocenters. The Morgan fingerprint density at radius 1 is 0.341 bits per heavy atom. The lowest BCUT2D eigenvalue weighted by atomic mass is 9.92. The van der Waals surface area contributed by atoms with Crippen LogP contribution in [0.3, 0.4) is 0 Å². The van der Waals surface area contributed by atoms with Gasteiger partial charge in [0, 0.05) is 47.5 Å². The van der Waals surface area contributed by atoms with E-state index < -0.39 is 0 Å². The van der Waals surface area contributed by atoms with Crippen molar-refractivity contribution in [3.8, 4) is 44.9 Å². The van der Waals surface area contributed by atoms with Gasteiger partial charge >= 0.3 is 6.17 Å². The third-order valence-corrected chi connectivity index (χ3v) is 9.26. The number of pyridine rings is 3. The van der Waals surface area contributed by atoms with Crippen molar-refractivity contribution < 1.29 is 13.7 Å². The van der Waals surface area contributed by atoms with E-state index in [9.17, 15) is 0 Å². The first-order valence-corrected chi connectivity index (χ1v) is 15.3. The van der Waals surface area contributed by atoms with Crippen molar-refractivity contribution in [2.45, 2.75) is 12.2 Å². The maximum Gasteiger partial charge on any atom is 0.381 e. The first kappa shape index (κ1) is 24.9. The van der Waals surface area contributed by atoms with E-state index in [0.717, 1.165) is 0 Å². The van der Waals surface area contributed by atoms with Gasteiger partial charge in [-0.05, 0) is 47.5 Å². The van der Waals surface area contributed by atoms with Crippen LogP contribution in [0.2, 0.25) is 0 Å². The molecule has 0 N–H and O–H groups in total. The smallest absolute Gasteiger partial charge is 0.187 e. The van der Waals surface area contributed by atoms with Crippen molar-refractivity contribution >= 4 is 0 Å². The summed E-state index contributed by atoms with van der Waals surface area (Å²) in [7, 11) is 0. The molecule has 0 fully saturated rings. The highest BCUT2D eigenvalue weighted by Crippen LogP contribution is 2.41. The molecule has 0 saturated heterocycles. The van der Waals surface area contributed by atoms with Crippen LogP contribution in [0.4, 0.5) is 0 Å². The molecule has 0 bridgehead atoms. The predicted molar refractivity (Wildman–Crippen MR) is 172 cm³/mol. The van der Waals surface area contributed by atoms with Crippen molar-refractivity contribution in [2.24, 2.45) is 0 Å². The maximum atomic E-state index is 2.46. The Kier molecular flexibility index (Phi) is 5.63. The van der Waals surface area contributed by atoms with Crippen LogP contribution in [-0.4, -0.2) is 0 Å². The van der Waals surface area contributed by atoms with Gasteiger partial charge in [-0.2, -0.15) is 4.57 Å². The van der Waals surface area contributed by atoms with Crippen LogP contribution in [0.1, 0.15) is 28.9 Å². The van der Waals surface area contributed by atoms with E-state index in [2.05, 4.69) is 184 Å². The van der Waals surface area contributed by atoms with Gasteiger partial charge in [-0.1, -0.05) is 78.9 Å². The Labute approximate surface area is 257 Å². The Morgan fingerprint density at radius 3 is 1.48 bits per heavy atom. The molecule has 2 aliphatic rings. The van der Waals surface area contributed by atoms with Crippen LogP contribution < -0.4 is 13.7 Å². The summed E-state index contributed by atoms with van der Waals surface area (Å²) in [5.74, 6) is 0. The van der Waals surface area contributed by atoms with Crippen molar-refractivity contribution in [1.29, 1.82) is 0 Å². The van der Waals surface area contributed by atoms with Gasteiger partial charge in [0.05, 0.1) is 16.7 Å². The number of rotatable bonds is 4. The summed E-state index contributed by atoms with van der Waals surface area (Å²) in [5, 5.41) is 0. The van der Waals surface area contributed by atoms with Crippen LogP contribution in [0.25, 0.3) is 44.9 Å². The van der Waals surface area contributed by atoms with Crippen LogP contribution in [-0.2, 0) is 0 Å². The van der Waals surface area contributed by atoms with E-state index in [1.54, 1.807) is 0 Å². The predicted octanol–water partition coefficient (Wildman–Crippen LogP) is 7.58. The molecule has 0 spiro atoms. The fourth-order valence-corrected chi connectivity index (χ4v) is 7.35. The number of hydrogen-bond donors (Lipinski definition) is 0. The Bertz CT molecular complexity index is 2160. The number of aromatic nitrogens is 3. The van der Waals surface area contributed by atoms with E-state index in [-0.39, 0.29) is 12.2 Å². The molecule has 3 aromatic heterocycles. The second kappa shape index (κ2) is 9.96. The molecule has 5 heterocycles. The Balaban J connectivity index is 1.24. The molecular formula is C41H30N3+3. The number of nitrogens with zero attached hydrogens (tertiary/aromatic N) is 3. The quantitative estimate of drug-likeness (QED) is 0.195. The zero-order valence-electron chi connectivity index (χ0n) is 24.2. The summed E-state index contributed by atoms with van der Waals surface area (Å²) in [6.07, 6.45) is 6.74. The minimum absolute atomic E-state index is 0.0240. The second-order valence-corrected chi connectivity index (χ2v) is 11.6. The largest absolute Gasteiger partial charge is 0.381 e. The number of fused-ring (bicyclic) bond motifs is 6. The molecule has 3 heteroatoms. The van der Waals surface area contributed by atoms with Gasteiger partial charge in [-0.25, -0.2) is 0 Å². The minimum atomic E-state index is 0.0240. The molecular weight excluding hydrogens is 534 g/mol. The summed E-state index contributed by atoms with van der Waals surface area (Å²) in [4.78, 5) is 0. The molecule has 44 heavy (non-hydrogen) atoms. The summed E-state index contributed by atoms with van der Waals surface area (Å²) in [6, 6.07) is 55.1. The zero-order valence-corrected chi connectivity index (χ0v) is 24.2. The summed E-state index contributed by atoms with van der Waals surface area (Å²) < 4.78 is 7.30. The summed E-state index contributed by atoms with van der Waals surface area (Å²) in [6.45, 7) is 0. The standard InChI is InChI=1S/C41H30N3/c1-2-14-29(15-3-1)30-24-27-42-39(28-30)32-17-5-8-20-35(32)40(42)34-19-7-4-16-31(34)37-22-10-12-25-43(37)41-36-21-9-6-18-33(36)38-23-11-13-26-44(38)41/h1-28,40-41H/q+3. The van der Waals surface area contributed by atoms with Crippen molar-refractivity contribution in [2.75, 3.05) is 0 Å². The molecule has 9 rings (SSSR count). The molecule has 0 amide bonds. The average Bonchev–Trinajstić information content (AvgIpc) is 3.61. The van der Waals surface area contributed by atoms with Gasteiger partial charge < -0.3 is 0 Å². The zero-order chi connectivity index (χ0) is 29.0. The molecule has 7 aromatic rings. The van der Waals surface area contributed by atoms with Crippen LogP contribution in [0.15, 0.2) is 170 Å². The molecule has 0 saturated carbocycles. The van der Waals surface area contributed by atoms with E-state index in [0.29, 0.717) is 0 Å². The molecule has 0 aliphatic carbocycles. The first-order chi connectivity index (χ1) is 21.9. The summed E-state index contributed by atoms with van der Waals surface area (Å²) >= 11 is 0. The highest BCUT2D eigenvalue weighted by Gasteiger charge is 2.45. The molecule has 206 valence electrons. The fraction of sp³-hybridized carbons (Fsp3) is 0.0488. The lowest BCUT2D eigenvalue weighted by Crippen LogP contribution is -2.57. The topological polar surface area (TPSA) is 11.6 Å². The molecule has 2 aliphatic heterocycles. The van der Waals surface area contributed by atoms with Gasteiger partial charge in [-0.3, -0.25) is 0 Å². The van der Waals surface area contributed by atoms with Crippen LogP contribution in [0.5, 0.6) is 0 Å². The highest BCUT2D eigenvalue weighted by atomic mass is 15.2. The molecule has 2 atom stereocenters. The molecule has 0 radical (unpaired) electrons. The first-order valence-electron chi connectivity index (χ1n) is 15.3. The van der Waals surface area contributed by atoms with E-state index in [4.69, 9.17) is 0 Å². The lowest BCUT2D eigenvalue weighted by Gasteiger charge is -2.15. The monoisotopic (exact) mass is 564 g/mol. The maximum absolute atomic E-state index is 2.46. The Morgan fingerprint density at radius 2 is 0.841 bits per heavy atom. The minimum Gasteiger partial charge on any atom is -0.187 e. The van der Waals surface area contributed by atoms with Gasteiger partial charge in [0.15, 0.2) is 18.6 Å². The van der Waals surface area contributed by atoms with E-state index >= 15 is 0 Å². The highest BCUT2D eigenvalue weighted by molar-refractivity contribution is 5.74. The van der Waals surface area contributed by atoms with Crippen LogP contribution >= 0.6 is 0 Å². The van der Waals surface area contributed by atoms with Crippen molar-refractivity contribution in [3.05, 3.63) is 187 Å². The SMILES string of the molecule is c1ccc(-c2cc[n+]3c(c2)-c2ccccc2C3c2ccccc2-c2cccc[n+]2C2c3ccccc3-c3cccc[n+]32)cc1. The van der Waals surface area contributed by atoms with Gasteiger partial charge in [0.25, 0.3) is 0 Å². The number of hydrogen-bond acceptors (Lipinski definition) is 0. The van der Waals surface area contributed by atoms with Gasteiger partial charge in [0.2, 0.25) is 23.1 Å². The van der Waals surface area contributed by atoms with E-state index in [1.807, 2.05) is 0 Å². The molecule has 4 aromatic carbocycles. The van der Waals surface area contributed by atoms with Gasteiger partial charge in [0.1, 0.15) is 5.56 Å². The second-order valence-electron chi connectivity index (χ2n) is 11.6. The molecule has 3 nitrogen and oxygen atoms in total. The summed E-state index contributed by atoms with van der Waals surface area (Å²) in [5.41, 5.74) is 13.9. The number of benzene rings is 4. The van der Waals surface area contributed by atoms with Gasteiger partial charge in [-0.15, -0.1) is 9.13 Å². The Hall–Kier alpha value is -5.67. The third-order valence-electron chi connectivity index (χ3n) is 9.26. The van der Waals surface area contributed by atoms with Crippen LogP contribution in [0, 0.1) is 0 Å². The normalized spacial score (nSPS) is 15.7. The van der Waals surface area contributed by atoms with Crippen molar-refractivity contribution in [3.63, 3.8) is 0 Å². The lowest BCUT2D eigenvalue weighted by molar-refractivity contribution is -0.920. The third kappa shape index (κ3) is 3.73. The fourth-order valence-electron chi connectivity index (χ4n) is 7.35.